The number of nitrogens with two attached hydrogens (primary N) is 1. The third kappa shape index (κ3) is 1.82. The van der Waals surface area contributed by atoms with Gasteiger partial charge >= 0.3 is 0 Å². The third-order valence-electron chi connectivity index (χ3n) is 1.71. The summed E-state index contributed by atoms with van der Waals surface area (Å²) in [5.41, 5.74) is 5.64. The average Bonchev–Trinajstić information content (AvgIpc) is 2.30. The van der Waals surface area contributed by atoms with Crippen LogP contribution in [0, 0.1) is 0 Å². The fraction of sp³-hybridized carbons (Fsp3) is 0.556. The molecule has 0 bridgehead atoms. The molecule has 1 aromatic rings. The van der Waals surface area contributed by atoms with Crippen LogP contribution < -0.4 is 5.73 Å². The minimum Gasteiger partial charge on any atom is -0.463 e. The van der Waals surface area contributed by atoms with Gasteiger partial charge in [0.25, 0.3) is 0 Å². The first-order valence-electron chi connectivity index (χ1n) is 4.07. The largest absolute Gasteiger partial charge is 0.463 e. The van der Waals surface area contributed by atoms with Crippen molar-refractivity contribution in [3.05, 3.63) is 22.6 Å². The Balaban J connectivity index is 3.00. The molecule has 1 heterocycles. The molecule has 0 aliphatic heterocycles. The molecule has 1 aromatic heterocycles. The van der Waals surface area contributed by atoms with Gasteiger partial charge in [-0.05, 0) is 6.92 Å². The maximum absolute atomic E-state index is 5.93. The Bertz CT molecular complexity index is 265. The van der Waals surface area contributed by atoms with Crippen LogP contribution in [0.1, 0.15) is 44.3 Å². The molecule has 12 heavy (non-hydrogen) atoms. The van der Waals surface area contributed by atoms with E-state index in [9.17, 15) is 0 Å². The predicted molar refractivity (Wildman–Crippen MR) is 50.4 cm³/mol. The van der Waals surface area contributed by atoms with Crippen molar-refractivity contribution in [2.45, 2.75) is 32.7 Å². The second-order valence-corrected chi connectivity index (χ2v) is 3.71. The zero-order valence-corrected chi connectivity index (χ0v) is 8.35. The highest BCUT2D eigenvalue weighted by atomic mass is 35.5. The van der Waals surface area contributed by atoms with E-state index in [0.717, 1.165) is 11.5 Å². The summed E-state index contributed by atoms with van der Waals surface area (Å²) in [5.74, 6) is 1.89. The van der Waals surface area contributed by atoms with Crippen LogP contribution in [0.15, 0.2) is 10.5 Å². The van der Waals surface area contributed by atoms with Gasteiger partial charge in [-0.15, -0.1) is 0 Å². The van der Waals surface area contributed by atoms with Crippen LogP contribution in [0.3, 0.4) is 0 Å². The normalized spacial score (nSPS) is 13.8. The van der Waals surface area contributed by atoms with Gasteiger partial charge in [0.15, 0.2) is 0 Å². The van der Waals surface area contributed by atoms with Crippen LogP contribution in [0.25, 0.3) is 0 Å². The topological polar surface area (TPSA) is 39.2 Å². The summed E-state index contributed by atoms with van der Waals surface area (Å²) < 4.78 is 5.48. The average molecular weight is 188 g/mol. The van der Waals surface area contributed by atoms with E-state index in [1.165, 1.54) is 0 Å². The summed E-state index contributed by atoms with van der Waals surface area (Å²) in [6.07, 6.45) is 0. The maximum Gasteiger partial charge on any atom is 0.125 e. The second kappa shape index (κ2) is 3.50. The van der Waals surface area contributed by atoms with Gasteiger partial charge in [0, 0.05) is 12.0 Å². The Morgan fingerprint density at radius 2 is 2.00 bits per heavy atom. The highest BCUT2D eigenvalue weighted by Gasteiger charge is 2.14. The summed E-state index contributed by atoms with van der Waals surface area (Å²) >= 11 is 5.93. The van der Waals surface area contributed by atoms with Crippen molar-refractivity contribution in [1.29, 1.82) is 0 Å². The molecule has 68 valence electrons. The lowest BCUT2D eigenvalue weighted by Gasteiger charge is -2.01. The van der Waals surface area contributed by atoms with E-state index in [-0.39, 0.29) is 6.04 Å². The minimum absolute atomic E-state index is 0.0880. The first-order chi connectivity index (χ1) is 5.52. The smallest absolute Gasteiger partial charge is 0.125 e. The van der Waals surface area contributed by atoms with Gasteiger partial charge in [-0.1, -0.05) is 25.4 Å². The molecule has 0 aliphatic rings. The SMILES string of the molecule is CC(C)c1oc(C(C)N)cc1Cl. The van der Waals surface area contributed by atoms with Crippen molar-refractivity contribution in [1.82, 2.24) is 0 Å². The van der Waals surface area contributed by atoms with Crippen LogP contribution in [0.5, 0.6) is 0 Å². The molecule has 1 rings (SSSR count). The molecule has 2 N–H and O–H groups in total. The molecule has 1 unspecified atom stereocenters. The van der Waals surface area contributed by atoms with E-state index >= 15 is 0 Å². The molecule has 0 amide bonds. The Morgan fingerprint density at radius 3 is 2.25 bits per heavy atom. The number of furan rings is 1. The highest BCUT2D eigenvalue weighted by molar-refractivity contribution is 6.31. The highest BCUT2D eigenvalue weighted by Crippen LogP contribution is 2.29. The fourth-order valence-corrected chi connectivity index (χ4v) is 1.38. The summed E-state index contributed by atoms with van der Waals surface area (Å²) in [4.78, 5) is 0. The summed E-state index contributed by atoms with van der Waals surface area (Å²) in [5, 5.41) is 0.678. The van der Waals surface area contributed by atoms with Gasteiger partial charge in [0.05, 0.1) is 11.1 Å². The number of halogens is 1. The Kier molecular flexibility index (Phi) is 2.80. The van der Waals surface area contributed by atoms with Gasteiger partial charge in [0.1, 0.15) is 11.5 Å². The van der Waals surface area contributed by atoms with E-state index in [0.29, 0.717) is 10.9 Å². The summed E-state index contributed by atoms with van der Waals surface area (Å²) in [7, 11) is 0. The lowest BCUT2D eigenvalue weighted by Crippen LogP contribution is -2.02. The summed E-state index contributed by atoms with van der Waals surface area (Å²) in [6, 6.07) is 1.71. The Morgan fingerprint density at radius 1 is 1.42 bits per heavy atom. The zero-order chi connectivity index (χ0) is 9.30. The van der Waals surface area contributed by atoms with Crippen molar-refractivity contribution >= 4 is 11.6 Å². The molecule has 3 heteroatoms. The Hall–Kier alpha value is -0.470. The van der Waals surface area contributed by atoms with Gasteiger partial charge < -0.3 is 10.2 Å². The van der Waals surface area contributed by atoms with E-state index in [4.69, 9.17) is 21.8 Å². The van der Waals surface area contributed by atoms with E-state index in [2.05, 4.69) is 0 Å². The van der Waals surface area contributed by atoms with Gasteiger partial charge in [-0.2, -0.15) is 0 Å². The maximum atomic E-state index is 5.93. The Labute approximate surface area is 77.7 Å². The van der Waals surface area contributed by atoms with E-state index in [1.807, 2.05) is 20.8 Å². The van der Waals surface area contributed by atoms with Crippen molar-refractivity contribution < 1.29 is 4.42 Å². The third-order valence-corrected chi connectivity index (χ3v) is 2.00. The summed E-state index contributed by atoms with van der Waals surface area (Å²) in [6.45, 7) is 5.95. The van der Waals surface area contributed by atoms with E-state index in [1.54, 1.807) is 6.07 Å². The molecule has 0 saturated heterocycles. The molecular formula is C9H14ClNO. The van der Waals surface area contributed by atoms with Crippen molar-refractivity contribution in [2.75, 3.05) is 0 Å². The van der Waals surface area contributed by atoms with Crippen LogP contribution in [-0.2, 0) is 0 Å². The zero-order valence-electron chi connectivity index (χ0n) is 7.60. The lowest BCUT2D eigenvalue weighted by molar-refractivity contribution is 0.428. The van der Waals surface area contributed by atoms with Crippen LogP contribution in [0.2, 0.25) is 5.02 Å². The van der Waals surface area contributed by atoms with Gasteiger partial charge in [-0.3, -0.25) is 0 Å². The molecule has 0 radical (unpaired) electrons. The van der Waals surface area contributed by atoms with Crippen LogP contribution in [0.4, 0.5) is 0 Å². The number of rotatable bonds is 2. The van der Waals surface area contributed by atoms with Crippen molar-refractivity contribution in [2.24, 2.45) is 5.73 Å². The van der Waals surface area contributed by atoms with Gasteiger partial charge in [-0.25, -0.2) is 0 Å². The second-order valence-electron chi connectivity index (χ2n) is 3.30. The lowest BCUT2D eigenvalue weighted by atomic mass is 10.2. The molecule has 0 saturated carbocycles. The predicted octanol–water partition coefficient (Wildman–Crippen LogP) is 3.08. The monoisotopic (exact) mass is 187 g/mol. The molecule has 0 spiro atoms. The quantitative estimate of drug-likeness (QED) is 0.773. The molecular weight excluding hydrogens is 174 g/mol. The van der Waals surface area contributed by atoms with E-state index < -0.39 is 0 Å². The molecule has 2 nitrogen and oxygen atoms in total. The number of hydrogen-bond donors (Lipinski definition) is 1. The molecule has 1 atom stereocenters. The first kappa shape index (κ1) is 9.62. The van der Waals surface area contributed by atoms with Crippen LogP contribution >= 0.6 is 11.6 Å². The van der Waals surface area contributed by atoms with Crippen LogP contribution in [-0.4, -0.2) is 0 Å². The van der Waals surface area contributed by atoms with Crippen molar-refractivity contribution in [3.63, 3.8) is 0 Å². The minimum atomic E-state index is -0.0880. The fourth-order valence-electron chi connectivity index (χ4n) is 1.02. The number of hydrogen-bond acceptors (Lipinski definition) is 2. The van der Waals surface area contributed by atoms with Crippen molar-refractivity contribution in [3.8, 4) is 0 Å². The first-order valence-corrected chi connectivity index (χ1v) is 4.45. The molecule has 0 fully saturated rings. The molecule has 0 aliphatic carbocycles. The molecule has 0 aromatic carbocycles. The van der Waals surface area contributed by atoms with Gasteiger partial charge in [0.2, 0.25) is 0 Å². The standard InChI is InChI=1S/C9H14ClNO/c1-5(2)9-7(10)4-8(12-9)6(3)11/h4-6H,11H2,1-3H3.